The fraction of sp³-hybridized carbons (Fsp3) is 0.0625. The van der Waals surface area contributed by atoms with E-state index < -0.39 is 20.5 Å². The molecule has 2 aromatic carbocycles. The number of oxazole rings is 1. The van der Waals surface area contributed by atoms with Crippen LogP contribution in [0.3, 0.4) is 0 Å². The Balaban J connectivity index is 2.08. The molecule has 0 aliphatic carbocycles. The van der Waals surface area contributed by atoms with E-state index in [1.54, 1.807) is 12.1 Å². The summed E-state index contributed by atoms with van der Waals surface area (Å²) in [5.41, 5.74) is 1.27. The SMILES string of the molecule is CS(=O)(=O)c1ccc(-c2coc(=O)n2-c2ccc([N+](=O)[O-])cc2)cc1. The zero-order valence-corrected chi connectivity index (χ0v) is 13.8. The van der Waals surface area contributed by atoms with Gasteiger partial charge < -0.3 is 4.42 Å². The Morgan fingerprint density at radius 1 is 1.04 bits per heavy atom. The fourth-order valence-electron chi connectivity index (χ4n) is 2.35. The number of non-ortho nitro benzene ring substituents is 1. The van der Waals surface area contributed by atoms with Crippen molar-refractivity contribution >= 4 is 15.5 Å². The van der Waals surface area contributed by atoms with E-state index in [2.05, 4.69) is 0 Å². The molecule has 0 radical (unpaired) electrons. The Labute approximate surface area is 142 Å². The Bertz CT molecular complexity index is 1090. The smallest absolute Gasteiger partial charge is 0.415 e. The highest BCUT2D eigenvalue weighted by Gasteiger charge is 2.15. The largest absolute Gasteiger partial charge is 0.424 e. The summed E-state index contributed by atoms with van der Waals surface area (Å²) in [4.78, 5) is 22.4. The van der Waals surface area contributed by atoms with E-state index in [-0.39, 0.29) is 10.6 Å². The average molecular weight is 360 g/mol. The van der Waals surface area contributed by atoms with Crippen LogP contribution < -0.4 is 5.76 Å². The molecule has 3 rings (SSSR count). The molecule has 0 saturated heterocycles. The topological polar surface area (TPSA) is 112 Å². The van der Waals surface area contributed by atoms with Gasteiger partial charge in [-0.3, -0.25) is 10.1 Å². The third-order valence-corrected chi connectivity index (χ3v) is 4.72. The zero-order chi connectivity index (χ0) is 18.2. The molecule has 0 N–H and O–H groups in total. The van der Waals surface area contributed by atoms with Crippen LogP contribution >= 0.6 is 0 Å². The summed E-state index contributed by atoms with van der Waals surface area (Å²) in [6.45, 7) is 0. The molecule has 0 fully saturated rings. The van der Waals surface area contributed by atoms with Gasteiger partial charge in [0.15, 0.2) is 9.84 Å². The van der Waals surface area contributed by atoms with E-state index in [4.69, 9.17) is 4.42 Å². The molecule has 25 heavy (non-hydrogen) atoms. The predicted molar refractivity (Wildman–Crippen MR) is 89.5 cm³/mol. The standard InChI is InChI=1S/C16H12N2O6S/c1-25(22,23)14-8-2-11(3-9-14)15-10-24-16(19)17(15)12-4-6-13(7-5-12)18(20)21/h2-10H,1H3. The molecular formula is C16H12N2O6S. The Morgan fingerprint density at radius 2 is 1.64 bits per heavy atom. The first-order valence-electron chi connectivity index (χ1n) is 7.03. The number of benzene rings is 2. The van der Waals surface area contributed by atoms with Crippen molar-refractivity contribution in [3.05, 3.63) is 75.5 Å². The molecule has 0 aliphatic rings. The van der Waals surface area contributed by atoms with Crippen LogP contribution in [0.25, 0.3) is 16.9 Å². The molecule has 9 heteroatoms. The minimum atomic E-state index is -3.33. The molecule has 1 heterocycles. The van der Waals surface area contributed by atoms with Crippen molar-refractivity contribution in [2.24, 2.45) is 0 Å². The monoisotopic (exact) mass is 360 g/mol. The van der Waals surface area contributed by atoms with Gasteiger partial charge in [-0.15, -0.1) is 0 Å². The molecular weight excluding hydrogens is 348 g/mol. The first kappa shape index (κ1) is 16.7. The van der Waals surface area contributed by atoms with Crippen molar-refractivity contribution in [2.75, 3.05) is 6.26 Å². The summed E-state index contributed by atoms with van der Waals surface area (Å²) in [7, 11) is -3.33. The number of nitrogens with zero attached hydrogens (tertiary/aromatic N) is 2. The summed E-state index contributed by atoms with van der Waals surface area (Å²) in [6, 6.07) is 11.4. The van der Waals surface area contributed by atoms with Crippen molar-refractivity contribution in [1.82, 2.24) is 4.57 Å². The van der Waals surface area contributed by atoms with Gasteiger partial charge in [0.2, 0.25) is 0 Å². The third-order valence-electron chi connectivity index (χ3n) is 3.59. The van der Waals surface area contributed by atoms with Crippen molar-refractivity contribution in [2.45, 2.75) is 4.90 Å². The van der Waals surface area contributed by atoms with Crippen LogP contribution in [0, 0.1) is 10.1 Å². The van der Waals surface area contributed by atoms with Crippen LogP contribution in [-0.2, 0) is 9.84 Å². The second-order valence-corrected chi connectivity index (χ2v) is 7.31. The number of sulfone groups is 1. The highest BCUT2D eigenvalue weighted by Crippen LogP contribution is 2.24. The molecule has 8 nitrogen and oxygen atoms in total. The summed E-state index contributed by atoms with van der Waals surface area (Å²) >= 11 is 0. The van der Waals surface area contributed by atoms with Crippen molar-refractivity contribution in [1.29, 1.82) is 0 Å². The van der Waals surface area contributed by atoms with E-state index in [0.717, 1.165) is 6.26 Å². The Morgan fingerprint density at radius 3 is 2.16 bits per heavy atom. The van der Waals surface area contributed by atoms with Gasteiger partial charge in [-0.05, 0) is 24.3 Å². The second-order valence-electron chi connectivity index (χ2n) is 5.29. The number of aromatic nitrogens is 1. The van der Waals surface area contributed by atoms with Crippen molar-refractivity contribution in [3.63, 3.8) is 0 Å². The summed E-state index contributed by atoms with van der Waals surface area (Å²) in [6.07, 6.45) is 2.35. The van der Waals surface area contributed by atoms with Gasteiger partial charge in [-0.1, -0.05) is 12.1 Å². The highest BCUT2D eigenvalue weighted by molar-refractivity contribution is 7.90. The van der Waals surface area contributed by atoms with Gasteiger partial charge in [0.05, 0.1) is 21.2 Å². The van der Waals surface area contributed by atoms with Crippen molar-refractivity contribution < 1.29 is 17.8 Å². The molecule has 0 atom stereocenters. The minimum Gasteiger partial charge on any atom is -0.415 e. The van der Waals surface area contributed by atoms with E-state index in [0.29, 0.717) is 16.9 Å². The van der Waals surface area contributed by atoms with Crippen LogP contribution in [0.5, 0.6) is 0 Å². The molecule has 0 spiro atoms. The second kappa shape index (κ2) is 6.02. The highest BCUT2D eigenvalue weighted by atomic mass is 32.2. The van der Waals surface area contributed by atoms with E-state index >= 15 is 0 Å². The van der Waals surface area contributed by atoms with Crippen LogP contribution in [-0.4, -0.2) is 24.2 Å². The maximum absolute atomic E-state index is 12.0. The molecule has 1 aromatic heterocycles. The van der Waals surface area contributed by atoms with Gasteiger partial charge in [-0.2, -0.15) is 0 Å². The normalized spacial score (nSPS) is 11.4. The Hall–Kier alpha value is -3.20. The fourth-order valence-corrected chi connectivity index (χ4v) is 2.98. The van der Waals surface area contributed by atoms with Crippen LogP contribution in [0.1, 0.15) is 0 Å². The molecule has 128 valence electrons. The van der Waals surface area contributed by atoms with Gasteiger partial charge in [0.25, 0.3) is 5.69 Å². The Kier molecular flexibility index (Phi) is 4.01. The molecule has 0 aliphatic heterocycles. The summed E-state index contributed by atoms with van der Waals surface area (Å²) < 4.78 is 29.2. The van der Waals surface area contributed by atoms with Gasteiger partial charge in [0.1, 0.15) is 6.26 Å². The van der Waals surface area contributed by atoms with E-state index in [1.807, 2.05) is 0 Å². The lowest BCUT2D eigenvalue weighted by atomic mass is 10.1. The number of hydrogen-bond acceptors (Lipinski definition) is 6. The van der Waals surface area contributed by atoms with Crippen LogP contribution in [0.2, 0.25) is 0 Å². The molecule has 0 unspecified atom stereocenters. The molecule has 0 bridgehead atoms. The minimum absolute atomic E-state index is 0.0978. The maximum Gasteiger partial charge on any atom is 0.424 e. The predicted octanol–water partition coefficient (Wildman–Crippen LogP) is 2.41. The molecule has 0 saturated carbocycles. The van der Waals surface area contributed by atoms with Gasteiger partial charge >= 0.3 is 5.76 Å². The maximum atomic E-state index is 12.0. The lowest BCUT2D eigenvalue weighted by Crippen LogP contribution is -2.13. The third kappa shape index (κ3) is 3.22. The summed E-state index contributed by atoms with van der Waals surface area (Å²) in [5.74, 6) is -0.656. The molecule has 3 aromatic rings. The lowest BCUT2D eigenvalue weighted by Gasteiger charge is -2.07. The van der Waals surface area contributed by atoms with E-state index in [1.165, 1.54) is 47.2 Å². The van der Waals surface area contributed by atoms with Gasteiger partial charge in [0, 0.05) is 24.0 Å². The lowest BCUT2D eigenvalue weighted by molar-refractivity contribution is -0.384. The molecule has 0 amide bonds. The number of hydrogen-bond donors (Lipinski definition) is 0. The number of nitro benzene ring substituents is 1. The van der Waals surface area contributed by atoms with Crippen LogP contribution in [0.4, 0.5) is 5.69 Å². The van der Waals surface area contributed by atoms with Gasteiger partial charge in [-0.25, -0.2) is 17.8 Å². The first-order valence-corrected chi connectivity index (χ1v) is 8.92. The quantitative estimate of drug-likeness (QED) is 0.521. The number of nitro groups is 1. The first-order chi connectivity index (χ1) is 11.8. The number of rotatable bonds is 4. The zero-order valence-electron chi connectivity index (χ0n) is 12.9. The average Bonchev–Trinajstić information content (AvgIpc) is 2.96. The van der Waals surface area contributed by atoms with Crippen molar-refractivity contribution in [3.8, 4) is 16.9 Å². The van der Waals surface area contributed by atoms with E-state index in [9.17, 15) is 23.3 Å². The van der Waals surface area contributed by atoms with Crippen LogP contribution in [0.15, 0.2) is 68.9 Å². The summed E-state index contributed by atoms with van der Waals surface area (Å²) in [5, 5.41) is 10.7.